The van der Waals surface area contributed by atoms with Gasteiger partial charge in [-0.3, -0.25) is 0 Å². The van der Waals surface area contributed by atoms with E-state index in [2.05, 4.69) is 5.16 Å². The Balaban J connectivity index is 4.14. The summed E-state index contributed by atoms with van der Waals surface area (Å²) in [6.45, 7) is 5.72. The second-order valence-electron chi connectivity index (χ2n) is 2.86. The van der Waals surface area contributed by atoms with Crippen molar-refractivity contribution < 1.29 is 9.94 Å². The third kappa shape index (κ3) is 2.35. The normalized spacial score (nSPS) is 13.6. The molecular formula is C6H13NO2. The molecule has 1 N–H and O–H groups in total. The molecule has 0 unspecified atom stereocenters. The van der Waals surface area contributed by atoms with Gasteiger partial charge in [0, 0.05) is 5.41 Å². The van der Waals surface area contributed by atoms with E-state index in [0.717, 1.165) is 0 Å². The second-order valence-corrected chi connectivity index (χ2v) is 2.86. The molecule has 0 saturated carbocycles. The topological polar surface area (TPSA) is 41.8 Å². The summed E-state index contributed by atoms with van der Waals surface area (Å²) in [7, 11) is 1.49. The van der Waals surface area contributed by atoms with E-state index in [0.29, 0.717) is 5.90 Å². The summed E-state index contributed by atoms with van der Waals surface area (Å²) in [5, 5.41) is 11.3. The van der Waals surface area contributed by atoms with Crippen LogP contribution >= 0.6 is 0 Å². The molecule has 0 atom stereocenters. The Kier molecular flexibility index (Phi) is 2.49. The molecule has 3 heteroatoms. The van der Waals surface area contributed by atoms with Crippen molar-refractivity contribution in [3.63, 3.8) is 0 Å². The van der Waals surface area contributed by atoms with E-state index < -0.39 is 0 Å². The molecule has 0 aromatic rings. The van der Waals surface area contributed by atoms with E-state index in [9.17, 15) is 0 Å². The van der Waals surface area contributed by atoms with Crippen molar-refractivity contribution in [2.24, 2.45) is 10.6 Å². The molecule has 0 saturated heterocycles. The van der Waals surface area contributed by atoms with E-state index in [-0.39, 0.29) is 5.41 Å². The predicted molar refractivity (Wildman–Crippen MR) is 35.7 cm³/mol. The van der Waals surface area contributed by atoms with E-state index in [1.165, 1.54) is 7.11 Å². The molecule has 0 fully saturated rings. The van der Waals surface area contributed by atoms with Crippen molar-refractivity contribution in [1.82, 2.24) is 0 Å². The fraction of sp³-hybridized carbons (Fsp3) is 0.833. The van der Waals surface area contributed by atoms with Crippen LogP contribution in [0.15, 0.2) is 5.16 Å². The number of hydrogen-bond donors (Lipinski definition) is 1. The minimum atomic E-state index is -0.205. The molecule has 0 aromatic carbocycles. The SMILES string of the molecule is COC(=NO)C(C)(C)C. The van der Waals surface area contributed by atoms with Crippen LogP contribution in [0.2, 0.25) is 0 Å². The smallest absolute Gasteiger partial charge is 0.230 e. The largest absolute Gasteiger partial charge is 0.482 e. The lowest BCUT2D eigenvalue weighted by atomic mass is 9.97. The summed E-state index contributed by atoms with van der Waals surface area (Å²) < 4.78 is 4.76. The van der Waals surface area contributed by atoms with Gasteiger partial charge in [0.15, 0.2) is 0 Å². The molecule has 0 aliphatic carbocycles. The first-order chi connectivity index (χ1) is 4.02. The molecule has 0 rings (SSSR count). The van der Waals surface area contributed by atoms with Crippen LogP contribution in [0.25, 0.3) is 0 Å². The highest BCUT2D eigenvalue weighted by Gasteiger charge is 2.19. The zero-order chi connectivity index (χ0) is 7.49. The standard InChI is InChI=1S/C6H13NO2/c1-6(2,3)5(7-8)9-4/h8H,1-4H3. The van der Waals surface area contributed by atoms with Crippen LogP contribution in [0.3, 0.4) is 0 Å². The van der Waals surface area contributed by atoms with Gasteiger partial charge in [-0.2, -0.15) is 0 Å². The van der Waals surface area contributed by atoms with Gasteiger partial charge in [0.05, 0.1) is 7.11 Å². The van der Waals surface area contributed by atoms with Crippen LogP contribution in [0.4, 0.5) is 0 Å². The van der Waals surface area contributed by atoms with Crippen LogP contribution < -0.4 is 0 Å². The Morgan fingerprint density at radius 2 is 1.89 bits per heavy atom. The third-order valence-corrected chi connectivity index (χ3v) is 0.926. The Morgan fingerprint density at radius 1 is 1.44 bits per heavy atom. The van der Waals surface area contributed by atoms with Crippen molar-refractivity contribution >= 4 is 5.90 Å². The predicted octanol–water partition coefficient (Wildman–Crippen LogP) is 1.47. The minimum Gasteiger partial charge on any atom is -0.482 e. The zero-order valence-corrected chi connectivity index (χ0v) is 6.30. The second kappa shape index (κ2) is 2.71. The van der Waals surface area contributed by atoms with Gasteiger partial charge >= 0.3 is 0 Å². The number of ether oxygens (including phenoxy) is 1. The number of oxime groups is 1. The van der Waals surface area contributed by atoms with Crippen LogP contribution in [-0.4, -0.2) is 18.2 Å². The van der Waals surface area contributed by atoms with Crippen LogP contribution in [0.5, 0.6) is 0 Å². The molecule has 0 heterocycles. The maximum absolute atomic E-state index is 8.32. The summed E-state index contributed by atoms with van der Waals surface area (Å²) in [6, 6.07) is 0. The molecule has 3 nitrogen and oxygen atoms in total. The van der Waals surface area contributed by atoms with Crippen LogP contribution in [-0.2, 0) is 4.74 Å². The lowest BCUT2D eigenvalue weighted by molar-refractivity contribution is 0.257. The van der Waals surface area contributed by atoms with E-state index in [4.69, 9.17) is 9.94 Å². The Morgan fingerprint density at radius 3 is 1.89 bits per heavy atom. The van der Waals surface area contributed by atoms with Crippen LogP contribution in [0, 0.1) is 5.41 Å². The highest BCUT2D eigenvalue weighted by atomic mass is 16.5. The van der Waals surface area contributed by atoms with Crippen molar-refractivity contribution in [2.45, 2.75) is 20.8 Å². The lowest BCUT2D eigenvalue weighted by Gasteiger charge is -2.17. The van der Waals surface area contributed by atoms with E-state index >= 15 is 0 Å². The van der Waals surface area contributed by atoms with Gasteiger partial charge in [-0.1, -0.05) is 25.9 Å². The Bertz CT molecular complexity index is 113. The molecular weight excluding hydrogens is 118 g/mol. The highest BCUT2D eigenvalue weighted by Crippen LogP contribution is 2.15. The summed E-state index contributed by atoms with van der Waals surface area (Å²) in [6.07, 6.45) is 0. The molecule has 0 aliphatic heterocycles. The van der Waals surface area contributed by atoms with Crippen molar-refractivity contribution in [3.05, 3.63) is 0 Å². The quantitative estimate of drug-likeness (QED) is 0.234. The summed E-state index contributed by atoms with van der Waals surface area (Å²) in [5.74, 6) is 0.350. The average molecular weight is 131 g/mol. The van der Waals surface area contributed by atoms with Gasteiger partial charge in [0.2, 0.25) is 5.90 Å². The van der Waals surface area contributed by atoms with Gasteiger partial charge in [-0.25, -0.2) is 0 Å². The molecule has 0 radical (unpaired) electrons. The van der Waals surface area contributed by atoms with Crippen molar-refractivity contribution in [3.8, 4) is 0 Å². The maximum atomic E-state index is 8.32. The monoisotopic (exact) mass is 131 g/mol. The zero-order valence-electron chi connectivity index (χ0n) is 6.30. The van der Waals surface area contributed by atoms with Gasteiger partial charge in [-0.15, -0.1) is 0 Å². The van der Waals surface area contributed by atoms with E-state index in [1.54, 1.807) is 0 Å². The van der Waals surface area contributed by atoms with Crippen molar-refractivity contribution in [2.75, 3.05) is 7.11 Å². The Labute approximate surface area is 55.3 Å². The fourth-order valence-corrected chi connectivity index (χ4v) is 0.497. The number of nitrogens with zero attached hydrogens (tertiary/aromatic N) is 1. The van der Waals surface area contributed by atoms with Gasteiger partial charge < -0.3 is 9.94 Å². The highest BCUT2D eigenvalue weighted by molar-refractivity contribution is 5.80. The third-order valence-electron chi connectivity index (χ3n) is 0.926. The molecule has 0 amide bonds. The molecule has 0 aliphatic rings. The Hall–Kier alpha value is -0.730. The van der Waals surface area contributed by atoms with Crippen LogP contribution in [0.1, 0.15) is 20.8 Å². The number of hydrogen-bond acceptors (Lipinski definition) is 3. The van der Waals surface area contributed by atoms with Gasteiger partial charge in [0.1, 0.15) is 0 Å². The molecule has 0 aromatic heterocycles. The number of rotatable bonds is 0. The van der Waals surface area contributed by atoms with Crippen molar-refractivity contribution in [1.29, 1.82) is 0 Å². The maximum Gasteiger partial charge on any atom is 0.230 e. The summed E-state index contributed by atoms with van der Waals surface area (Å²) in [5.41, 5.74) is -0.205. The van der Waals surface area contributed by atoms with Gasteiger partial charge in [0.25, 0.3) is 0 Å². The first-order valence-electron chi connectivity index (χ1n) is 2.79. The summed E-state index contributed by atoms with van der Waals surface area (Å²) >= 11 is 0. The number of methoxy groups -OCH3 is 1. The molecule has 0 bridgehead atoms. The lowest BCUT2D eigenvalue weighted by Crippen LogP contribution is -2.21. The summed E-state index contributed by atoms with van der Waals surface area (Å²) in [4.78, 5) is 0. The molecule has 9 heavy (non-hydrogen) atoms. The van der Waals surface area contributed by atoms with E-state index in [1.807, 2.05) is 20.8 Å². The molecule has 0 spiro atoms. The first kappa shape index (κ1) is 8.27. The van der Waals surface area contributed by atoms with Gasteiger partial charge in [-0.05, 0) is 0 Å². The fourth-order valence-electron chi connectivity index (χ4n) is 0.497. The molecule has 54 valence electrons. The average Bonchev–Trinajstić information content (AvgIpc) is 1.65. The first-order valence-corrected chi connectivity index (χ1v) is 2.79. The minimum absolute atomic E-state index is 0.205.